The predicted octanol–water partition coefficient (Wildman–Crippen LogP) is 4.38. The molecule has 0 amide bonds. The molecule has 0 spiro atoms. The second-order valence-corrected chi connectivity index (χ2v) is 7.00. The first-order valence-electron chi connectivity index (χ1n) is 7.84. The number of halogens is 2. The summed E-state index contributed by atoms with van der Waals surface area (Å²) in [6, 6.07) is 9.71. The maximum atomic E-state index is 6.16. The van der Waals surface area contributed by atoms with Crippen LogP contribution in [0.3, 0.4) is 0 Å². The van der Waals surface area contributed by atoms with Crippen LogP contribution in [0.4, 0.5) is 0 Å². The summed E-state index contributed by atoms with van der Waals surface area (Å²) in [6.07, 6.45) is 6.69. The first-order chi connectivity index (χ1) is 11.2. The van der Waals surface area contributed by atoms with Gasteiger partial charge in [-0.1, -0.05) is 29.3 Å². The lowest BCUT2D eigenvalue weighted by Crippen LogP contribution is -2.45. The van der Waals surface area contributed by atoms with Crippen LogP contribution in [0.5, 0.6) is 5.75 Å². The molecule has 2 heterocycles. The maximum Gasteiger partial charge on any atom is 0.137 e. The van der Waals surface area contributed by atoms with Gasteiger partial charge in [0.15, 0.2) is 0 Å². The molecule has 1 atom stereocenters. The molecule has 0 radical (unpaired) electrons. The van der Waals surface area contributed by atoms with Gasteiger partial charge in [-0.3, -0.25) is 4.98 Å². The number of hydrogen-bond acceptors (Lipinski definition) is 3. The molecule has 1 aliphatic heterocycles. The highest BCUT2D eigenvalue weighted by Crippen LogP contribution is 2.33. The summed E-state index contributed by atoms with van der Waals surface area (Å²) in [5.74, 6) is 0.812. The Bertz CT molecular complexity index is 643. The number of aromatic nitrogens is 1. The number of rotatable bonds is 5. The normalized spacial score (nSPS) is 21.1. The predicted molar refractivity (Wildman–Crippen MR) is 94.4 cm³/mol. The molecule has 1 N–H and O–H groups in total. The summed E-state index contributed by atoms with van der Waals surface area (Å²) >= 11 is 12.2. The van der Waals surface area contributed by atoms with E-state index < -0.39 is 0 Å². The summed E-state index contributed by atoms with van der Waals surface area (Å²) in [4.78, 5) is 4.10. The van der Waals surface area contributed by atoms with Crippen molar-refractivity contribution in [2.24, 2.45) is 5.41 Å². The van der Waals surface area contributed by atoms with Crippen molar-refractivity contribution in [3.63, 3.8) is 0 Å². The summed E-state index contributed by atoms with van der Waals surface area (Å²) < 4.78 is 6.01. The van der Waals surface area contributed by atoms with Gasteiger partial charge in [-0.2, -0.15) is 0 Å². The summed E-state index contributed by atoms with van der Waals surface area (Å²) in [5.41, 5.74) is 1.25. The SMILES string of the molecule is Clc1ccc(C[C@]2(COc3cccnc3)CCCNC2)cc1Cl. The van der Waals surface area contributed by atoms with Gasteiger partial charge in [0.1, 0.15) is 5.75 Å². The molecule has 0 saturated carbocycles. The zero-order chi connectivity index (χ0) is 16.1. The zero-order valence-electron chi connectivity index (χ0n) is 12.9. The minimum atomic E-state index is 0.0608. The zero-order valence-corrected chi connectivity index (χ0v) is 14.4. The average Bonchev–Trinajstić information content (AvgIpc) is 2.58. The lowest BCUT2D eigenvalue weighted by molar-refractivity contribution is 0.110. The van der Waals surface area contributed by atoms with Crippen LogP contribution in [-0.4, -0.2) is 24.7 Å². The molecule has 2 aromatic rings. The maximum absolute atomic E-state index is 6.16. The number of nitrogens with one attached hydrogen (secondary N) is 1. The molecule has 0 unspecified atom stereocenters. The second-order valence-electron chi connectivity index (χ2n) is 6.18. The van der Waals surface area contributed by atoms with Gasteiger partial charge in [0, 0.05) is 18.2 Å². The number of piperidine rings is 1. The standard InChI is InChI=1S/C18H20Cl2N2O/c19-16-5-4-14(9-17(16)20)10-18(6-2-8-22-12-18)13-23-15-3-1-7-21-11-15/h1,3-5,7,9,11,22H,2,6,8,10,12-13H2/t18-/m1/s1. The highest BCUT2D eigenvalue weighted by atomic mass is 35.5. The summed E-state index contributed by atoms with van der Waals surface area (Å²) in [5, 5.41) is 4.71. The topological polar surface area (TPSA) is 34.1 Å². The minimum Gasteiger partial charge on any atom is -0.491 e. The third kappa shape index (κ3) is 4.37. The van der Waals surface area contributed by atoms with E-state index in [0.29, 0.717) is 16.7 Å². The summed E-state index contributed by atoms with van der Waals surface area (Å²) in [7, 11) is 0. The van der Waals surface area contributed by atoms with E-state index in [9.17, 15) is 0 Å². The first kappa shape index (κ1) is 16.6. The van der Waals surface area contributed by atoms with Crippen molar-refractivity contribution in [3.05, 3.63) is 58.3 Å². The van der Waals surface area contributed by atoms with Crippen molar-refractivity contribution >= 4 is 23.2 Å². The summed E-state index contributed by atoms with van der Waals surface area (Å²) in [6.45, 7) is 2.66. The number of hydrogen-bond donors (Lipinski definition) is 1. The van der Waals surface area contributed by atoms with Crippen molar-refractivity contribution in [3.8, 4) is 5.75 Å². The molecule has 3 nitrogen and oxygen atoms in total. The second kappa shape index (κ2) is 7.52. The van der Waals surface area contributed by atoms with Crippen molar-refractivity contribution in [1.82, 2.24) is 10.3 Å². The van der Waals surface area contributed by atoms with Crippen LogP contribution in [0.1, 0.15) is 18.4 Å². The van der Waals surface area contributed by atoms with Gasteiger partial charge < -0.3 is 10.1 Å². The largest absolute Gasteiger partial charge is 0.491 e. The van der Waals surface area contributed by atoms with Gasteiger partial charge in [-0.15, -0.1) is 0 Å². The van der Waals surface area contributed by atoms with Gasteiger partial charge in [0.25, 0.3) is 0 Å². The molecule has 3 rings (SSSR count). The van der Waals surface area contributed by atoms with Gasteiger partial charge >= 0.3 is 0 Å². The smallest absolute Gasteiger partial charge is 0.137 e. The number of nitrogens with zero attached hydrogens (tertiary/aromatic N) is 1. The third-order valence-electron chi connectivity index (χ3n) is 4.30. The molecule has 1 aromatic heterocycles. The Morgan fingerprint density at radius 3 is 2.83 bits per heavy atom. The van der Waals surface area contributed by atoms with E-state index >= 15 is 0 Å². The van der Waals surface area contributed by atoms with E-state index in [2.05, 4.69) is 16.4 Å². The van der Waals surface area contributed by atoms with Crippen molar-refractivity contribution in [2.75, 3.05) is 19.7 Å². The Labute approximate surface area is 147 Å². The van der Waals surface area contributed by atoms with E-state index in [1.54, 1.807) is 12.4 Å². The van der Waals surface area contributed by atoms with Crippen molar-refractivity contribution < 1.29 is 4.74 Å². The average molecular weight is 351 g/mol. The van der Waals surface area contributed by atoms with Gasteiger partial charge in [-0.05, 0) is 55.6 Å². The quantitative estimate of drug-likeness (QED) is 0.868. The van der Waals surface area contributed by atoms with Crippen LogP contribution in [0, 0.1) is 5.41 Å². The van der Waals surface area contributed by atoms with Crippen LogP contribution in [0.2, 0.25) is 10.0 Å². The molecule has 1 aliphatic rings. The number of pyridine rings is 1. The van der Waals surface area contributed by atoms with E-state index in [4.69, 9.17) is 27.9 Å². The van der Waals surface area contributed by atoms with Crippen LogP contribution in [0.25, 0.3) is 0 Å². The van der Waals surface area contributed by atoms with Crippen molar-refractivity contribution in [1.29, 1.82) is 0 Å². The number of benzene rings is 1. The Balaban J connectivity index is 1.74. The Kier molecular flexibility index (Phi) is 5.42. The fourth-order valence-corrected chi connectivity index (χ4v) is 3.43. The van der Waals surface area contributed by atoms with Gasteiger partial charge in [0.2, 0.25) is 0 Å². The van der Waals surface area contributed by atoms with Crippen LogP contribution in [-0.2, 0) is 6.42 Å². The highest BCUT2D eigenvalue weighted by molar-refractivity contribution is 6.42. The Morgan fingerprint density at radius 1 is 1.22 bits per heavy atom. The molecule has 122 valence electrons. The molecule has 23 heavy (non-hydrogen) atoms. The first-order valence-corrected chi connectivity index (χ1v) is 8.60. The Hall–Kier alpha value is -1.29. The fraction of sp³-hybridized carbons (Fsp3) is 0.389. The number of ether oxygens (including phenoxy) is 1. The monoisotopic (exact) mass is 350 g/mol. The fourth-order valence-electron chi connectivity index (χ4n) is 3.11. The van der Waals surface area contributed by atoms with E-state index in [1.807, 2.05) is 24.3 Å². The highest BCUT2D eigenvalue weighted by Gasteiger charge is 2.33. The molecular formula is C18H20Cl2N2O. The lowest BCUT2D eigenvalue weighted by atomic mass is 9.76. The van der Waals surface area contributed by atoms with Gasteiger partial charge in [-0.25, -0.2) is 0 Å². The molecule has 0 aliphatic carbocycles. The van der Waals surface area contributed by atoms with E-state index in [0.717, 1.165) is 38.1 Å². The van der Waals surface area contributed by atoms with E-state index in [-0.39, 0.29) is 5.41 Å². The van der Waals surface area contributed by atoms with Crippen LogP contribution >= 0.6 is 23.2 Å². The Morgan fingerprint density at radius 2 is 2.13 bits per heavy atom. The molecular weight excluding hydrogens is 331 g/mol. The minimum absolute atomic E-state index is 0.0608. The molecule has 1 fully saturated rings. The van der Waals surface area contributed by atoms with Crippen LogP contribution in [0.15, 0.2) is 42.7 Å². The molecule has 5 heteroatoms. The molecule has 1 aromatic carbocycles. The third-order valence-corrected chi connectivity index (χ3v) is 5.04. The lowest BCUT2D eigenvalue weighted by Gasteiger charge is -2.37. The molecule has 0 bridgehead atoms. The van der Waals surface area contributed by atoms with E-state index in [1.165, 1.54) is 5.56 Å². The van der Waals surface area contributed by atoms with Gasteiger partial charge in [0.05, 0.1) is 22.8 Å². The molecule has 1 saturated heterocycles. The van der Waals surface area contributed by atoms with Crippen molar-refractivity contribution in [2.45, 2.75) is 19.3 Å². The van der Waals surface area contributed by atoms with Crippen LogP contribution < -0.4 is 10.1 Å².